The summed E-state index contributed by atoms with van der Waals surface area (Å²) >= 11 is 3.35. The lowest BCUT2D eigenvalue weighted by atomic mass is 9.94. The zero-order valence-electron chi connectivity index (χ0n) is 11.0. The second kappa shape index (κ2) is 5.73. The zero-order valence-corrected chi connectivity index (χ0v) is 12.6. The fourth-order valence-corrected chi connectivity index (χ4v) is 2.90. The van der Waals surface area contributed by atoms with Gasteiger partial charge in [0.15, 0.2) is 0 Å². The van der Waals surface area contributed by atoms with E-state index >= 15 is 0 Å². The van der Waals surface area contributed by atoms with Gasteiger partial charge in [0.1, 0.15) is 11.9 Å². The molecule has 0 aromatic heterocycles. The van der Waals surface area contributed by atoms with Crippen molar-refractivity contribution in [1.82, 2.24) is 0 Å². The van der Waals surface area contributed by atoms with Gasteiger partial charge in [0, 0.05) is 22.0 Å². The second-order valence-electron chi connectivity index (χ2n) is 5.01. The molecule has 21 heavy (non-hydrogen) atoms. The number of aliphatic hydroxyl groups excluding tert-OH is 1. The number of benzene rings is 2. The molecular formula is C16H13BrF2O2. The van der Waals surface area contributed by atoms with E-state index < -0.39 is 18.6 Å². The highest BCUT2D eigenvalue weighted by molar-refractivity contribution is 9.10. The monoisotopic (exact) mass is 354 g/mol. The van der Waals surface area contributed by atoms with Crippen molar-refractivity contribution in [3.8, 4) is 5.75 Å². The summed E-state index contributed by atoms with van der Waals surface area (Å²) < 4.78 is 32.3. The number of aliphatic hydroxyl groups is 1. The molecule has 0 spiro atoms. The number of rotatable bonds is 2. The lowest BCUT2D eigenvalue weighted by Gasteiger charge is -2.30. The van der Waals surface area contributed by atoms with Gasteiger partial charge in [0.25, 0.3) is 6.43 Å². The average Bonchev–Trinajstić information content (AvgIpc) is 2.48. The van der Waals surface area contributed by atoms with Gasteiger partial charge in [-0.25, -0.2) is 8.78 Å². The number of alkyl halides is 2. The largest absolute Gasteiger partial charge is 0.485 e. The summed E-state index contributed by atoms with van der Waals surface area (Å²) in [7, 11) is 0. The first-order chi connectivity index (χ1) is 10.0. The molecule has 3 rings (SSSR count). The first-order valence-corrected chi connectivity index (χ1v) is 7.36. The smallest absolute Gasteiger partial charge is 0.263 e. The van der Waals surface area contributed by atoms with Crippen LogP contribution in [0.2, 0.25) is 0 Å². The van der Waals surface area contributed by atoms with Crippen molar-refractivity contribution >= 4 is 15.9 Å². The average molecular weight is 355 g/mol. The third-order valence-electron chi connectivity index (χ3n) is 3.57. The Bertz CT molecular complexity index is 660. The van der Waals surface area contributed by atoms with Crippen molar-refractivity contribution in [2.75, 3.05) is 0 Å². The van der Waals surface area contributed by atoms with Crippen LogP contribution in [0.5, 0.6) is 5.75 Å². The minimum absolute atomic E-state index is 0.0350. The molecule has 0 saturated carbocycles. The summed E-state index contributed by atoms with van der Waals surface area (Å²) in [4.78, 5) is 0. The maximum Gasteiger partial charge on any atom is 0.263 e. The summed E-state index contributed by atoms with van der Waals surface area (Å²) in [5.41, 5.74) is 1.33. The molecule has 0 radical (unpaired) electrons. The summed E-state index contributed by atoms with van der Waals surface area (Å²) in [6, 6.07) is 11.6. The maximum atomic E-state index is 12.8. The molecule has 110 valence electrons. The van der Waals surface area contributed by atoms with Gasteiger partial charge in [-0.1, -0.05) is 34.1 Å². The van der Waals surface area contributed by atoms with Gasteiger partial charge < -0.3 is 9.84 Å². The predicted molar refractivity (Wildman–Crippen MR) is 78.5 cm³/mol. The third kappa shape index (κ3) is 2.94. The molecule has 1 N–H and O–H groups in total. The molecule has 0 bridgehead atoms. The van der Waals surface area contributed by atoms with Crippen molar-refractivity contribution in [2.45, 2.75) is 25.1 Å². The van der Waals surface area contributed by atoms with Crippen LogP contribution in [0.1, 0.15) is 41.7 Å². The highest BCUT2D eigenvalue weighted by atomic mass is 79.9. The van der Waals surface area contributed by atoms with Crippen molar-refractivity contribution in [1.29, 1.82) is 0 Å². The van der Waals surface area contributed by atoms with Crippen molar-refractivity contribution in [2.24, 2.45) is 0 Å². The van der Waals surface area contributed by atoms with Crippen LogP contribution in [0, 0.1) is 0 Å². The van der Waals surface area contributed by atoms with Crippen LogP contribution in [-0.2, 0) is 0 Å². The minimum Gasteiger partial charge on any atom is -0.485 e. The van der Waals surface area contributed by atoms with E-state index in [4.69, 9.17) is 4.74 Å². The van der Waals surface area contributed by atoms with Crippen LogP contribution in [0.25, 0.3) is 0 Å². The van der Waals surface area contributed by atoms with E-state index in [9.17, 15) is 13.9 Å². The summed E-state index contributed by atoms with van der Waals surface area (Å²) in [6.07, 6.45) is -3.27. The van der Waals surface area contributed by atoms with Crippen LogP contribution >= 0.6 is 15.9 Å². The molecule has 2 aromatic carbocycles. The van der Waals surface area contributed by atoms with Crippen LogP contribution < -0.4 is 4.74 Å². The first-order valence-electron chi connectivity index (χ1n) is 6.57. The van der Waals surface area contributed by atoms with Crippen LogP contribution in [-0.4, -0.2) is 5.11 Å². The minimum atomic E-state index is -2.51. The Kier molecular flexibility index (Phi) is 3.95. The van der Waals surface area contributed by atoms with Gasteiger partial charge in [-0.05, 0) is 29.8 Å². The van der Waals surface area contributed by atoms with E-state index in [1.165, 1.54) is 12.1 Å². The zero-order chi connectivity index (χ0) is 15.0. The molecular weight excluding hydrogens is 342 g/mol. The lowest BCUT2D eigenvalue weighted by Crippen LogP contribution is -2.19. The van der Waals surface area contributed by atoms with Crippen molar-refractivity contribution in [3.63, 3.8) is 0 Å². The van der Waals surface area contributed by atoms with Crippen LogP contribution in [0.4, 0.5) is 8.78 Å². The summed E-state index contributed by atoms with van der Waals surface area (Å²) in [5.74, 6) is 0.587. The van der Waals surface area contributed by atoms with Gasteiger partial charge in [-0.3, -0.25) is 0 Å². The fraction of sp³-hybridized carbons (Fsp3) is 0.250. The van der Waals surface area contributed by atoms with Crippen molar-refractivity contribution < 1.29 is 18.6 Å². The van der Waals surface area contributed by atoms with E-state index in [1.807, 2.05) is 12.1 Å². The summed E-state index contributed by atoms with van der Waals surface area (Å²) in [5, 5.41) is 10.2. The molecule has 2 atom stereocenters. The standard InChI is InChI=1S/C16H13BrF2O2/c17-11-4-5-14-12(7-11)13(20)8-15(21-14)9-2-1-3-10(6-9)16(18)19/h1-7,13,15-16,20H,8H2/t13-,15?/m0/s1. The topological polar surface area (TPSA) is 29.5 Å². The number of fused-ring (bicyclic) bond motifs is 1. The lowest BCUT2D eigenvalue weighted by molar-refractivity contribution is 0.0654. The molecule has 1 unspecified atom stereocenters. The molecule has 0 saturated heterocycles. The first kappa shape index (κ1) is 14.5. The second-order valence-corrected chi connectivity index (χ2v) is 5.93. The van der Waals surface area contributed by atoms with Crippen LogP contribution in [0.15, 0.2) is 46.9 Å². The predicted octanol–water partition coefficient (Wildman–Crippen LogP) is 4.94. The molecule has 1 aliphatic heterocycles. The number of ether oxygens (including phenoxy) is 1. The van der Waals surface area contributed by atoms with Gasteiger partial charge in [0.05, 0.1) is 6.10 Å². The van der Waals surface area contributed by atoms with E-state index in [1.54, 1.807) is 18.2 Å². The van der Waals surface area contributed by atoms with E-state index in [2.05, 4.69) is 15.9 Å². The Morgan fingerprint density at radius 1 is 1.19 bits per heavy atom. The Morgan fingerprint density at radius 3 is 2.76 bits per heavy atom. The quantitative estimate of drug-likeness (QED) is 0.827. The fourth-order valence-electron chi connectivity index (χ4n) is 2.52. The number of hydrogen-bond acceptors (Lipinski definition) is 2. The van der Waals surface area contributed by atoms with Gasteiger partial charge in [-0.15, -0.1) is 0 Å². The van der Waals surface area contributed by atoms with Gasteiger partial charge in [-0.2, -0.15) is 0 Å². The highest BCUT2D eigenvalue weighted by Crippen LogP contribution is 2.42. The van der Waals surface area contributed by atoms with E-state index in [0.29, 0.717) is 23.3 Å². The molecule has 1 aliphatic rings. The van der Waals surface area contributed by atoms with Gasteiger partial charge >= 0.3 is 0 Å². The van der Waals surface area contributed by atoms with Gasteiger partial charge in [0.2, 0.25) is 0 Å². The molecule has 0 fully saturated rings. The number of hydrogen-bond donors (Lipinski definition) is 1. The Balaban J connectivity index is 1.92. The molecule has 1 heterocycles. The molecule has 5 heteroatoms. The van der Waals surface area contributed by atoms with Crippen molar-refractivity contribution in [3.05, 3.63) is 63.6 Å². The molecule has 0 aliphatic carbocycles. The maximum absolute atomic E-state index is 12.8. The normalized spacial score (nSPS) is 21.0. The third-order valence-corrected chi connectivity index (χ3v) is 4.07. The Labute approximate surface area is 129 Å². The van der Waals surface area contributed by atoms with E-state index in [-0.39, 0.29) is 5.56 Å². The van der Waals surface area contributed by atoms with Crippen LogP contribution in [0.3, 0.4) is 0 Å². The highest BCUT2D eigenvalue weighted by Gasteiger charge is 2.28. The number of halogens is 3. The molecule has 0 amide bonds. The Hall–Kier alpha value is -1.46. The SMILES string of the molecule is O[C@H]1CC(c2cccc(C(F)F)c2)Oc2ccc(Br)cc21. The van der Waals surface area contributed by atoms with E-state index in [0.717, 1.165) is 4.47 Å². The molecule has 2 aromatic rings. The Morgan fingerprint density at radius 2 is 2.00 bits per heavy atom. The summed E-state index contributed by atoms with van der Waals surface area (Å²) in [6.45, 7) is 0. The molecule has 2 nitrogen and oxygen atoms in total.